The molecule has 0 spiro atoms. The van der Waals surface area contributed by atoms with Gasteiger partial charge in [0.2, 0.25) is 10.0 Å². The molecule has 0 aromatic heterocycles. The van der Waals surface area contributed by atoms with Gasteiger partial charge in [-0.25, -0.2) is 8.42 Å². The standard InChI is InChI=1S/C13H17NO8S/c1-22-7-2-4-8(5-3-7)23(20,21)14-6-9(15)11(16)12(17)10(14)13(18)19/h2-5,9-12,15-17H,6H2,1H3,(H,18,19)/t9-,10+,11+,12+/m0/s1. The van der Waals surface area contributed by atoms with Gasteiger partial charge in [-0.1, -0.05) is 0 Å². The predicted octanol–water partition coefficient (Wildman–Crippen LogP) is -1.76. The third-order valence-electron chi connectivity index (χ3n) is 3.66. The zero-order valence-electron chi connectivity index (χ0n) is 12.1. The van der Waals surface area contributed by atoms with Crippen LogP contribution in [0.15, 0.2) is 29.2 Å². The normalized spacial score (nSPS) is 29.2. The van der Waals surface area contributed by atoms with Gasteiger partial charge in [0.05, 0.1) is 18.1 Å². The molecule has 0 saturated carbocycles. The van der Waals surface area contributed by atoms with E-state index in [1.165, 1.54) is 31.4 Å². The summed E-state index contributed by atoms with van der Waals surface area (Å²) in [7, 11) is -2.90. The van der Waals surface area contributed by atoms with E-state index in [0.717, 1.165) is 0 Å². The van der Waals surface area contributed by atoms with Crippen LogP contribution >= 0.6 is 0 Å². The number of methoxy groups -OCH3 is 1. The van der Waals surface area contributed by atoms with Crippen LogP contribution < -0.4 is 4.74 Å². The first-order valence-electron chi connectivity index (χ1n) is 6.63. The van der Waals surface area contributed by atoms with Gasteiger partial charge in [-0.15, -0.1) is 0 Å². The number of β-amino-alcohol motifs (C(OH)–C–C–N with tert-alkyl or cyclic N) is 1. The van der Waals surface area contributed by atoms with E-state index in [1.54, 1.807) is 0 Å². The highest BCUT2D eigenvalue weighted by molar-refractivity contribution is 7.89. The van der Waals surface area contributed by atoms with Crippen molar-refractivity contribution in [1.82, 2.24) is 4.31 Å². The van der Waals surface area contributed by atoms with Gasteiger partial charge in [-0.05, 0) is 24.3 Å². The first kappa shape index (κ1) is 17.6. The summed E-state index contributed by atoms with van der Waals surface area (Å²) in [6.45, 7) is -0.649. The number of carbonyl (C=O) groups is 1. The monoisotopic (exact) mass is 347 g/mol. The number of carboxylic acid groups (broad SMARTS) is 1. The zero-order valence-corrected chi connectivity index (χ0v) is 12.9. The lowest BCUT2D eigenvalue weighted by Gasteiger charge is -2.40. The molecule has 23 heavy (non-hydrogen) atoms. The maximum atomic E-state index is 12.6. The average Bonchev–Trinajstić information content (AvgIpc) is 2.51. The van der Waals surface area contributed by atoms with Crippen LogP contribution in [0.5, 0.6) is 5.75 Å². The second-order valence-electron chi connectivity index (χ2n) is 5.08. The van der Waals surface area contributed by atoms with Crippen LogP contribution in [0, 0.1) is 0 Å². The molecular weight excluding hydrogens is 330 g/mol. The van der Waals surface area contributed by atoms with E-state index in [9.17, 15) is 33.6 Å². The Labute approximate surface area is 132 Å². The molecule has 0 radical (unpaired) electrons. The fourth-order valence-electron chi connectivity index (χ4n) is 2.39. The summed E-state index contributed by atoms with van der Waals surface area (Å²) in [5.74, 6) is -1.21. The summed E-state index contributed by atoms with van der Waals surface area (Å²) >= 11 is 0. The molecule has 1 aliphatic rings. The largest absolute Gasteiger partial charge is 0.497 e. The fourth-order valence-corrected chi connectivity index (χ4v) is 4.00. The summed E-state index contributed by atoms with van der Waals surface area (Å²) in [6, 6.07) is 3.30. The molecule has 1 aromatic rings. The number of sulfonamides is 1. The Balaban J connectivity index is 2.44. The fraction of sp³-hybridized carbons (Fsp3) is 0.462. The van der Waals surface area contributed by atoms with E-state index < -0.39 is 46.9 Å². The van der Waals surface area contributed by atoms with Crippen LogP contribution in [0.1, 0.15) is 0 Å². The van der Waals surface area contributed by atoms with Crippen molar-refractivity contribution in [1.29, 1.82) is 0 Å². The average molecular weight is 347 g/mol. The number of benzene rings is 1. The Kier molecular flexibility index (Phi) is 4.92. The van der Waals surface area contributed by atoms with Crippen LogP contribution in [0.4, 0.5) is 0 Å². The molecule has 0 aliphatic carbocycles. The molecule has 4 atom stereocenters. The molecule has 128 valence electrons. The van der Waals surface area contributed by atoms with Crippen molar-refractivity contribution in [3.8, 4) is 5.75 Å². The van der Waals surface area contributed by atoms with Crippen molar-refractivity contribution in [3.05, 3.63) is 24.3 Å². The van der Waals surface area contributed by atoms with E-state index in [2.05, 4.69) is 0 Å². The maximum Gasteiger partial charge on any atom is 0.324 e. The molecule has 0 bridgehead atoms. The van der Waals surface area contributed by atoms with Gasteiger partial charge in [0.1, 0.15) is 18.0 Å². The number of piperidine rings is 1. The molecule has 1 saturated heterocycles. The molecule has 2 rings (SSSR count). The van der Waals surface area contributed by atoms with E-state index in [1.807, 2.05) is 0 Å². The number of aliphatic hydroxyl groups excluding tert-OH is 3. The number of aliphatic hydroxyl groups is 3. The number of ether oxygens (including phenoxy) is 1. The summed E-state index contributed by atoms with van der Waals surface area (Å²) in [5, 5.41) is 38.3. The van der Waals surface area contributed by atoms with Crippen molar-refractivity contribution in [2.75, 3.05) is 13.7 Å². The van der Waals surface area contributed by atoms with Gasteiger partial charge in [0.15, 0.2) is 6.04 Å². The summed E-state index contributed by atoms with van der Waals surface area (Å²) < 4.78 is 30.6. The Bertz CT molecular complexity index is 674. The molecule has 1 aromatic carbocycles. The van der Waals surface area contributed by atoms with Gasteiger partial charge < -0.3 is 25.2 Å². The summed E-state index contributed by atoms with van der Waals surface area (Å²) in [6.07, 6.45) is -5.31. The highest BCUT2D eigenvalue weighted by Gasteiger charge is 2.50. The second kappa shape index (κ2) is 6.42. The van der Waals surface area contributed by atoms with Gasteiger partial charge >= 0.3 is 5.97 Å². The van der Waals surface area contributed by atoms with Crippen LogP contribution in [-0.2, 0) is 14.8 Å². The molecular formula is C13H17NO8S. The Morgan fingerprint density at radius 3 is 2.22 bits per heavy atom. The SMILES string of the molecule is COc1ccc(S(=O)(=O)N2C[C@H](O)[C@@H](O)[C@H](O)[C@@H]2C(=O)O)cc1. The van der Waals surface area contributed by atoms with E-state index in [0.29, 0.717) is 10.1 Å². The molecule has 0 amide bonds. The van der Waals surface area contributed by atoms with E-state index >= 15 is 0 Å². The molecule has 1 heterocycles. The number of hydrogen-bond donors (Lipinski definition) is 4. The first-order valence-corrected chi connectivity index (χ1v) is 8.07. The van der Waals surface area contributed by atoms with Crippen molar-refractivity contribution < 1.29 is 38.4 Å². The number of rotatable bonds is 4. The zero-order chi connectivity index (χ0) is 17.4. The topological polar surface area (TPSA) is 145 Å². The third kappa shape index (κ3) is 3.16. The molecule has 0 unspecified atom stereocenters. The summed E-state index contributed by atoms with van der Waals surface area (Å²) in [4.78, 5) is 11.1. The van der Waals surface area contributed by atoms with Gasteiger partial charge in [-0.3, -0.25) is 4.79 Å². The van der Waals surface area contributed by atoms with Crippen LogP contribution in [-0.4, -0.2) is 77.1 Å². The van der Waals surface area contributed by atoms with Crippen molar-refractivity contribution in [2.45, 2.75) is 29.2 Å². The Morgan fingerprint density at radius 1 is 1.17 bits per heavy atom. The van der Waals surface area contributed by atoms with Crippen LogP contribution in [0.2, 0.25) is 0 Å². The number of carboxylic acids is 1. The first-order chi connectivity index (χ1) is 10.7. The highest BCUT2D eigenvalue weighted by atomic mass is 32.2. The van der Waals surface area contributed by atoms with Crippen LogP contribution in [0.25, 0.3) is 0 Å². The Hall–Kier alpha value is -1.72. The lowest BCUT2D eigenvalue weighted by molar-refractivity contribution is -0.161. The highest BCUT2D eigenvalue weighted by Crippen LogP contribution is 2.27. The van der Waals surface area contributed by atoms with Crippen molar-refractivity contribution in [3.63, 3.8) is 0 Å². The number of nitrogens with zero attached hydrogens (tertiary/aromatic N) is 1. The quantitative estimate of drug-likeness (QED) is 0.501. The predicted molar refractivity (Wildman–Crippen MR) is 76.3 cm³/mol. The smallest absolute Gasteiger partial charge is 0.324 e. The third-order valence-corrected chi connectivity index (χ3v) is 5.53. The van der Waals surface area contributed by atoms with Gasteiger partial charge in [0, 0.05) is 6.54 Å². The molecule has 1 aliphatic heterocycles. The number of aliphatic carboxylic acids is 1. The molecule has 10 heteroatoms. The lowest BCUT2D eigenvalue weighted by Crippen LogP contribution is -2.65. The van der Waals surface area contributed by atoms with E-state index in [-0.39, 0.29) is 4.90 Å². The van der Waals surface area contributed by atoms with Crippen molar-refractivity contribution in [2.24, 2.45) is 0 Å². The van der Waals surface area contributed by atoms with Crippen LogP contribution in [0.3, 0.4) is 0 Å². The van der Waals surface area contributed by atoms with Crippen molar-refractivity contribution >= 4 is 16.0 Å². The molecule has 9 nitrogen and oxygen atoms in total. The minimum Gasteiger partial charge on any atom is -0.497 e. The molecule has 1 fully saturated rings. The van der Waals surface area contributed by atoms with E-state index in [4.69, 9.17) is 4.74 Å². The van der Waals surface area contributed by atoms with Gasteiger partial charge in [0.25, 0.3) is 0 Å². The second-order valence-corrected chi connectivity index (χ2v) is 6.97. The Morgan fingerprint density at radius 2 is 1.74 bits per heavy atom. The molecule has 4 N–H and O–H groups in total. The minimum atomic E-state index is -4.30. The summed E-state index contributed by atoms with van der Waals surface area (Å²) in [5.41, 5.74) is 0. The number of hydrogen-bond acceptors (Lipinski definition) is 7. The van der Waals surface area contributed by atoms with Gasteiger partial charge in [-0.2, -0.15) is 4.31 Å². The maximum absolute atomic E-state index is 12.6. The minimum absolute atomic E-state index is 0.222. The lowest BCUT2D eigenvalue weighted by atomic mass is 9.96.